The van der Waals surface area contributed by atoms with Crippen molar-refractivity contribution >= 4 is 43.5 Å². The van der Waals surface area contributed by atoms with Crippen molar-refractivity contribution in [3.8, 4) is 5.75 Å². The van der Waals surface area contributed by atoms with Crippen molar-refractivity contribution in [3.63, 3.8) is 0 Å². The zero-order valence-electron chi connectivity index (χ0n) is 8.91. The topological polar surface area (TPSA) is 22.4 Å². The van der Waals surface area contributed by atoms with Crippen molar-refractivity contribution in [3.05, 3.63) is 51.3 Å². The molecule has 0 saturated carbocycles. The molecule has 2 rings (SSSR count). The smallest absolute Gasteiger partial charge is 0.193 e. The molecule has 5 heteroatoms. The Bertz CT molecular complexity index is 525. The van der Waals surface area contributed by atoms with E-state index in [1.807, 2.05) is 24.3 Å². The summed E-state index contributed by atoms with van der Waals surface area (Å²) in [5.74, 6) is 1.57. The number of benzene rings is 1. The summed E-state index contributed by atoms with van der Waals surface area (Å²) in [6.45, 7) is 0. The number of rotatable bonds is 3. The summed E-state index contributed by atoms with van der Waals surface area (Å²) in [5.41, 5.74) is 1.06. The Hall–Kier alpha value is -0.450. The zero-order chi connectivity index (χ0) is 12.4. The summed E-state index contributed by atoms with van der Waals surface area (Å²) in [4.78, 5) is -0.0304. The summed E-state index contributed by atoms with van der Waals surface area (Å²) in [6, 6.07) is 9.43. The lowest BCUT2D eigenvalue weighted by atomic mass is 10.1. The van der Waals surface area contributed by atoms with Gasteiger partial charge in [-0.05, 0) is 57.4 Å². The molecule has 1 heterocycles. The lowest BCUT2D eigenvalue weighted by Gasteiger charge is -2.10. The molecule has 0 spiro atoms. The molecule has 0 aliphatic rings. The molecule has 2 nitrogen and oxygen atoms in total. The van der Waals surface area contributed by atoms with Crippen LogP contribution in [-0.4, -0.2) is 7.11 Å². The minimum Gasteiger partial charge on any atom is -0.496 e. The fraction of sp³-hybridized carbons (Fsp3) is 0.167. The quantitative estimate of drug-likeness (QED) is 0.684. The molecule has 1 atom stereocenters. The molecule has 0 amide bonds. The highest BCUT2D eigenvalue weighted by molar-refractivity contribution is 9.10. The highest BCUT2D eigenvalue weighted by Crippen LogP contribution is 2.36. The van der Waals surface area contributed by atoms with E-state index in [9.17, 15) is 0 Å². The molecule has 0 aliphatic carbocycles. The lowest BCUT2D eigenvalue weighted by molar-refractivity contribution is 0.412. The predicted molar refractivity (Wildman–Crippen MR) is 75.2 cm³/mol. The molecule has 1 unspecified atom stereocenters. The van der Waals surface area contributed by atoms with Crippen LogP contribution in [0.4, 0.5) is 0 Å². The van der Waals surface area contributed by atoms with Crippen LogP contribution in [0.15, 0.2) is 39.2 Å². The second-order valence-corrected chi connectivity index (χ2v) is 5.54. The van der Waals surface area contributed by atoms with Crippen LogP contribution in [0.5, 0.6) is 5.75 Å². The summed E-state index contributed by atoms with van der Waals surface area (Å²) >= 11 is 12.8. The van der Waals surface area contributed by atoms with Crippen molar-refractivity contribution in [2.75, 3.05) is 7.11 Å². The predicted octanol–water partition coefficient (Wildman–Crippen LogP) is 5.19. The summed E-state index contributed by atoms with van der Waals surface area (Å²) in [7, 11) is 1.64. The number of alkyl halides is 1. The monoisotopic (exact) mass is 378 g/mol. The molecule has 0 bridgehead atoms. The molecule has 1 aromatic heterocycles. The first kappa shape index (κ1) is 13.0. The third-order valence-electron chi connectivity index (χ3n) is 2.31. The largest absolute Gasteiger partial charge is 0.496 e. The standard InChI is InChI=1S/C12H9Br2ClO2/c1-16-9-3-2-7(6-8(9)13)12(14)10-4-5-11(15)17-10/h2-6,12H,1H3. The fourth-order valence-corrected chi connectivity index (χ4v) is 2.71. The van der Waals surface area contributed by atoms with Gasteiger partial charge in [-0.3, -0.25) is 0 Å². The number of halogens is 3. The van der Waals surface area contributed by atoms with Gasteiger partial charge in [0.25, 0.3) is 0 Å². The maximum Gasteiger partial charge on any atom is 0.193 e. The second-order valence-electron chi connectivity index (χ2n) is 3.40. The van der Waals surface area contributed by atoms with Gasteiger partial charge in [-0.15, -0.1) is 0 Å². The Morgan fingerprint density at radius 1 is 1.29 bits per heavy atom. The van der Waals surface area contributed by atoms with E-state index in [2.05, 4.69) is 31.9 Å². The van der Waals surface area contributed by atoms with Crippen molar-refractivity contribution in [1.29, 1.82) is 0 Å². The molecule has 1 aromatic carbocycles. The first-order valence-corrected chi connectivity index (χ1v) is 6.93. The number of hydrogen-bond acceptors (Lipinski definition) is 2. The maximum atomic E-state index is 5.75. The van der Waals surface area contributed by atoms with Crippen LogP contribution in [0.3, 0.4) is 0 Å². The van der Waals surface area contributed by atoms with Crippen LogP contribution in [0.1, 0.15) is 16.2 Å². The molecular weight excluding hydrogens is 371 g/mol. The number of ether oxygens (including phenoxy) is 1. The minimum absolute atomic E-state index is 0.0304. The van der Waals surface area contributed by atoms with Crippen molar-refractivity contribution in [1.82, 2.24) is 0 Å². The van der Waals surface area contributed by atoms with E-state index in [-0.39, 0.29) is 4.83 Å². The second kappa shape index (κ2) is 5.46. The molecule has 0 N–H and O–H groups in total. The minimum atomic E-state index is -0.0304. The average molecular weight is 380 g/mol. The van der Waals surface area contributed by atoms with E-state index >= 15 is 0 Å². The summed E-state index contributed by atoms with van der Waals surface area (Å²) < 4.78 is 11.5. The van der Waals surface area contributed by atoms with Crippen molar-refractivity contribution < 1.29 is 9.15 Å². The summed E-state index contributed by atoms with van der Waals surface area (Å²) in [5, 5.41) is 0.386. The van der Waals surface area contributed by atoms with Crippen LogP contribution in [-0.2, 0) is 0 Å². The highest BCUT2D eigenvalue weighted by atomic mass is 79.9. The first-order valence-electron chi connectivity index (χ1n) is 4.84. The van der Waals surface area contributed by atoms with Crippen molar-refractivity contribution in [2.24, 2.45) is 0 Å². The van der Waals surface area contributed by atoms with Gasteiger partial charge in [-0.2, -0.15) is 0 Å². The molecule has 0 saturated heterocycles. The summed E-state index contributed by atoms with van der Waals surface area (Å²) in [6.07, 6.45) is 0. The lowest BCUT2D eigenvalue weighted by Crippen LogP contribution is -1.92. The van der Waals surface area contributed by atoms with Crippen molar-refractivity contribution in [2.45, 2.75) is 4.83 Å². The van der Waals surface area contributed by atoms with E-state index in [4.69, 9.17) is 20.8 Å². The van der Waals surface area contributed by atoms with Gasteiger partial charge in [0, 0.05) is 0 Å². The Balaban J connectivity index is 2.31. The van der Waals surface area contributed by atoms with E-state index < -0.39 is 0 Å². The van der Waals surface area contributed by atoms with Crippen LogP contribution in [0.2, 0.25) is 5.22 Å². The van der Waals surface area contributed by atoms with Gasteiger partial charge in [0.15, 0.2) is 5.22 Å². The molecule has 17 heavy (non-hydrogen) atoms. The normalized spacial score (nSPS) is 12.5. The number of furan rings is 1. The first-order chi connectivity index (χ1) is 8.11. The molecule has 0 fully saturated rings. The van der Waals surface area contributed by atoms with Crippen LogP contribution < -0.4 is 4.74 Å². The third-order valence-corrected chi connectivity index (χ3v) is 4.12. The molecular formula is C12H9Br2ClO2. The third kappa shape index (κ3) is 2.87. The van der Waals surface area contributed by atoms with E-state index in [0.29, 0.717) is 5.22 Å². The van der Waals surface area contributed by atoms with Crippen LogP contribution in [0.25, 0.3) is 0 Å². The zero-order valence-corrected chi connectivity index (χ0v) is 12.8. The Kier molecular flexibility index (Phi) is 4.17. The van der Waals surface area contributed by atoms with Gasteiger partial charge < -0.3 is 9.15 Å². The number of methoxy groups -OCH3 is 1. The Morgan fingerprint density at radius 2 is 2.06 bits per heavy atom. The van der Waals surface area contributed by atoms with Gasteiger partial charge in [-0.25, -0.2) is 0 Å². The average Bonchev–Trinajstić information content (AvgIpc) is 2.75. The molecule has 0 aliphatic heterocycles. The van der Waals surface area contributed by atoms with Gasteiger partial charge in [-0.1, -0.05) is 22.0 Å². The SMILES string of the molecule is COc1ccc(C(Br)c2ccc(Cl)o2)cc1Br. The maximum absolute atomic E-state index is 5.75. The molecule has 90 valence electrons. The van der Waals surface area contributed by atoms with Crippen LogP contribution in [0, 0.1) is 0 Å². The fourth-order valence-electron chi connectivity index (χ4n) is 1.47. The van der Waals surface area contributed by atoms with E-state index in [0.717, 1.165) is 21.5 Å². The Morgan fingerprint density at radius 3 is 2.59 bits per heavy atom. The van der Waals surface area contributed by atoms with Gasteiger partial charge in [0.2, 0.25) is 0 Å². The Labute approximate surface area is 121 Å². The molecule has 0 radical (unpaired) electrons. The van der Waals surface area contributed by atoms with E-state index in [1.54, 1.807) is 13.2 Å². The molecule has 2 aromatic rings. The van der Waals surface area contributed by atoms with E-state index in [1.165, 1.54) is 0 Å². The van der Waals surface area contributed by atoms with Crippen LogP contribution >= 0.6 is 43.5 Å². The highest BCUT2D eigenvalue weighted by Gasteiger charge is 2.15. The number of hydrogen-bond donors (Lipinski definition) is 0. The van der Waals surface area contributed by atoms with Gasteiger partial charge in [0.1, 0.15) is 11.5 Å². The van der Waals surface area contributed by atoms with Gasteiger partial charge >= 0.3 is 0 Å². The van der Waals surface area contributed by atoms with Gasteiger partial charge in [0.05, 0.1) is 16.4 Å².